The smallest absolute Gasteiger partial charge is 0.317 e. The quantitative estimate of drug-likeness (QED) is 0.920. The summed E-state index contributed by atoms with van der Waals surface area (Å²) in [7, 11) is 1.87. The third-order valence-electron chi connectivity index (χ3n) is 4.37. The van der Waals surface area contributed by atoms with Gasteiger partial charge in [-0.1, -0.05) is 0 Å². The number of amides is 2. The van der Waals surface area contributed by atoms with E-state index in [9.17, 15) is 9.18 Å². The molecule has 0 unspecified atom stereocenters. The first kappa shape index (κ1) is 16.2. The summed E-state index contributed by atoms with van der Waals surface area (Å²) >= 11 is 0. The van der Waals surface area contributed by atoms with Gasteiger partial charge in [0.15, 0.2) is 11.6 Å². The predicted octanol–water partition coefficient (Wildman–Crippen LogP) is 1.29. The van der Waals surface area contributed by atoms with E-state index in [0.29, 0.717) is 38.5 Å². The summed E-state index contributed by atoms with van der Waals surface area (Å²) in [5.74, 6) is 0.0194. The molecule has 1 aliphatic heterocycles. The van der Waals surface area contributed by atoms with Crippen molar-refractivity contribution in [1.29, 1.82) is 0 Å². The average molecular weight is 332 g/mol. The van der Waals surface area contributed by atoms with Crippen LogP contribution in [-0.2, 0) is 13.6 Å². The van der Waals surface area contributed by atoms with E-state index in [2.05, 4.69) is 15.4 Å². The maximum absolute atomic E-state index is 13.8. The fourth-order valence-corrected chi connectivity index (χ4v) is 2.73. The maximum atomic E-state index is 13.8. The van der Waals surface area contributed by atoms with Crippen LogP contribution in [0.25, 0.3) is 0 Å². The van der Waals surface area contributed by atoms with Crippen molar-refractivity contribution in [2.24, 2.45) is 7.05 Å². The Morgan fingerprint density at radius 1 is 1.33 bits per heavy atom. The summed E-state index contributed by atoms with van der Waals surface area (Å²) in [5.41, 5.74) is 2.03. The van der Waals surface area contributed by atoms with Crippen LogP contribution in [0.5, 0.6) is 0 Å². The minimum atomic E-state index is -0.331. The largest absolute Gasteiger partial charge is 0.351 e. The number of nitrogens with zero attached hydrogens (tertiary/aromatic N) is 5. The van der Waals surface area contributed by atoms with Gasteiger partial charge < -0.3 is 15.1 Å². The SMILES string of the molecule is Cc1c(CNC(=O)N2CCN(c3ncccc3F)CC2)cnn1C. The predicted molar refractivity (Wildman–Crippen MR) is 88.2 cm³/mol. The van der Waals surface area contributed by atoms with E-state index >= 15 is 0 Å². The molecule has 3 heterocycles. The molecule has 7 nitrogen and oxygen atoms in total. The zero-order valence-corrected chi connectivity index (χ0v) is 13.9. The highest BCUT2D eigenvalue weighted by Gasteiger charge is 2.23. The highest BCUT2D eigenvalue weighted by Crippen LogP contribution is 2.17. The molecule has 1 aliphatic rings. The molecule has 24 heavy (non-hydrogen) atoms. The van der Waals surface area contributed by atoms with Gasteiger partial charge in [-0.25, -0.2) is 14.2 Å². The van der Waals surface area contributed by atoms with Gasteiger partial charge in [0.1, 0.15) is 0 Å². The summed E-state index contributed by atoms with van der Waals surface area (Å²) in [4.78, 5) is 20.0. The fraction of sp³-hybridized carbons (Fsp3) is 0.438. The van der Waals surface area contributed by atoms with Gasteiger partial charge in [0, 0.05) is 57.2 Å². The van der Waals surface area contributed by atoms with Crippen molar-refractivity contribution in [1.82, 2.24) is 25.0 Å². The Hall–Kier alpha value is -2.64. The number of rotatable bonds is 3. The summed E-state index contributed by atoms with van der Waals surface area (Å²) < 4.78 is 15.6. The van der Waals surface area contributed by atoms with E-state index in [1.807, 2.05) is 18.9 Å². The molecule has 0 radical (unpaired) electrons. The minimum Gasteiger partial charge on any atom is -0.351 e. The molecule has 0 atom stereocenters. The van der Waals surface area contributed by atoms with Crippen molar-refractivity contribution in [3.8, 4) is 0 Å². The van der Waals surface area contributed by atoms with Gasteiger partial charge in [0.05, 0.1) is 6.20 Å². The maximum Gasteiger partial charge on any atom is 0.317 e. The van der Waals surface area contributed by atoms with Gasteiger partial charge in [-0.2, -0.15) is 5.10 Å². The first-order valence-corrected chi connectivity index (χ1v) is 7.92. The van der Waals surface area contributed by atoms with Crippen LogP contribution in [0.3, 0.4) is 0 Å². The summed E-state index contributed by atoms with van der Waals surface area (Å²) in [6.07, 6.45) is 3.34. The van der Waals surface area contributed by atoms with Crippen LogP contribution in [0.2, 0.25) is 0 Å². The molecule has 2 aromatic heterocycles. The summed E-state index contributed by atoms with van der Waals surface area (Å²) in [6.45, 7) is 4.62. The Morgan fingerprint density at radius 3 is 2.71 bits per heavy atom. The highest BCUT2D eigenvalue weighted by molar-refractivity contribution is 5.74. The number of halogens is 1. The molecule has 0 spiro atoms. The first-order chi connectivity index (χ1) is 11.6. The fourth-order valence-electron chi connectivity index (χ4n) is 2.73. The van der Waals surface area contributed by atoms with Crippen LogP contribution < -0.4 is 10.2 Å². The lowest BCUT2D eigenvalue weighted by atomic mass is 10.2. The van der Waals surface area contributed by atoms with Crippen molar-refractivity contribution >= 4 is 11.8 Å². The molecule has 1 saturated heterocycles. The number of hydrogen-bond donors (Lipinski definition) is 1. The van der Waals surface area contributed by atoms with Crippen LogP contribution in [0.1, 0.15) is 11.3 Å². The number of urea groups is 1. The minimum absolute atomic E-state index is 0.112. The Kier molecular flexibility index (Phi) is 4.64. The highest BCUT2D eigenvalue weighted by atomic mass is 19.1. The van der Waals surface area contributed by atoms with Crippen LogP contribution >= 0.6 is 0 Å². The number of anilines is 1. The number of pyridine rings is 1. The van der Waals surface area contributed by atoms with E-state index in [1.165, 1.54) is 6.07 Å². The van der Waals surface area contributed by atoms with E-state index in [-0.39, 0.29) is 11.8 Å². The molecule has 0 bridgehead atoms. The molecule has 1 fully saturated rings. The molecular weight excluding hydrogens is 311 g/mol. The Bertz CT molecular complexity index is 723. The lowest BCUT2D eigenvalue weighted by molar-refractivity contribution is 0.193. The van der Waals surface area contributed by atoms with E-state index in [4.69, 9.17) is 0 Å². The number of carbonyl (C=O) groups is 1. The molecule has 2 amide bonds. The molecule has 0 saturated carbocycles. The Morgan fingerprint density at radius 2 is 2.08 bits per heavy atom. The van der Waals surface area contributed by atoms with Crippen molar-refractivity contribution in [3.63, 3.8) is 0 Å². The number of aromatic nitrogens is 3. The number of piperazine rings is 1. The van der Waals surface area contributed by atoms with Gasteiger partial charge in [-0.05, 0) is 19.1 Å². The normalized spacial score (nSPS) is 14.8. The average Bonchev–Trinajstić information content (AvgIpc) is 2.92. The van der Waals surface area contributed by atoms with E-state index in [0.717, 1.165) is 11.3 Å². The molecule has 3 rings (SSSR count). The summed E-state index contributed by atoms with van der Waals surface area (Å²) in [6, 6.07) is 2.86. The number of carbonyl (C=O) groups excluding carboxylic acids is 1. The first-order valence-electron chi connectivity index (χ1n) is 7.92. The molecular formula is C16H21FN6O. The molecule has 8 heteroatoms. The van der Waals surface area contributed by atoms with Crippen molar-refractivity contribution in [2.45, 2.75) is 13.5 Å². The van der Waals surface area contributed by atoms with Gasteiger partial charge >= 0.3 is 6.03 Å². The molecule has 0 aliphatic carbocycles. The van der Waals surface area contributed by atoms with Gasteiger partial charge in [0.25, 0.3) is 0 Å². The van der Waals surface area contributed by atoms with E-state index < -0.39 is 0 Å². The standard InChI is InChI=1S/C16H21FN6O/c1-12-13(11-20-21(12)2)10-19-16(24)23-8-6-22(7-9-23)15-14(17)4-3-5-18-15/h3-5,11H,6-10H2,1-2H3,(H,19,24). The Balaban J connectivity index is 1.52. The second kappa shape index (κ2) is 6.86. The van der Waals surface area contributed by atoms with Crippen molar-refractivity contribution in [2.75, 3.05) is 31.1 Å². The number of nitrogens with one attached hydrogen (secondary N) is 1. The number of aryl methyl sites for hydroxylation is 1. The second-order valence-corrected chi connectivity index (χ2v) is 5.82. The third-order valence-corrected chi connectivity index (χ3v) is 4.37. The zero-order chi connectivity index (χ0) is 17.1. The van der Waals surface area contributed by atoms with Crippen LogP contribution in [0, 0.1) is 12.7 Å². The van der Waals surface area contributed by atoms with Crippen molar-refractivity contribution < 1.29 is 9.18 Å². The van der Waals surface area contributed by atoms with Crippen LogP contribution in [0.15, 0.2) is 24.5 Å². The van der Waals surface area contributed by atoms with Gasteiger partial charge in [0.2, 0.25) is 0 Å². The molecule has 0 aromatic carbocycles. The van der Waals surface area contributed by atoms with Gasteiger partial charge in [-0.3, -0.25) is 4.68 Å². The monoisotopic (exact) mass is 332 g/mol. The molecule has 1 N–H and O–H groups in total. The summed E-state index contributed by atoms with van der Waals surface area (Å²) in [5, 5.41) is 7.08. The topological polar surface area (TPSA) is 66.3 Å². The van der Waals surface area contributed by atoms with Crippen LogP contribution in [-0.4, -0.2) is 51.9 Å². The second-order valence-electron chi connectivity index (χ2n) is 5.82. The molecule has 2 aromatic rings. The lowest BCUT2D eigenvalue weighted by Crippen LogP contribution is -2.52. The lowest BCUT2D eigenvalue weighted by Gasteiger charge is -2.35. The number of hydrogen-bond acceptors (Lipinski definition) is 4. The van der Waals surface area contributed by atoms with E-state index in [1.54, 1.807) is 28.0 Å². The zero-order valence-electron chi connectivity index (χ0n) is 13.9. The Labute approximate surface area is 140 Å². The third kappa shape index (κ3) is 3.32. The van der Waals surface area contributed by atoms with Crippen molar-refractivity contribution in [3.05, 3.63) is 41.6 Å². The van der Waals surface area contributed by atoms with Crippen LogP contribution in [0.4, 0.5) is 15.0 Å². The molecule has 128 valence electrons. The van der Waals surface area contributed by atoms with Gasteiger partial charge in [-0.15, -0.1) is 0 Å².